The van der Waals surface area contributed by atoms with Gasteiger partial charge in [0, 0.05) is 25.6 Å². The van der Waals surface area contributed by atoms with Crippen molar-refractivity contribution >= 4 is 45.3 Å². The molecule has 0 unspecified atom stereocenters. The summed E-state index contributed by atoms with van der Waals surface area (Å²) in [6.45, 7) is 0.894. The summed E-state index contributed by atoms with van der Waals surface area (Å²) in [5.41, 5.74) is 2.23. The summed E-state index contributed by atoms with van der Waals surface area (Å²) in [5, 5.41) is 1.09. The lowest BCUT2D eigenvalue weighted by Gasteiger charge is -2.31. The molecule has 1 aromatic carbocycles. The summed E-state index contributed by atoms with van der Waals surface area (Å²) in [5.74, 6) is -1.74. The largest absolute Gasteiger partial charge is 0.341 e. The van der Waals surface area contributed by atoms with Crippen LogP contribution in [0.5, 0.6) is 0 Å². The second kappa shape index (κ2) is 9.66. The Morgan fingerprint density at radius 2 is 1.79 bits per heavy atom. The number of benzene rings is 1. The Morgan fingerprint density at radius 3 is 2.53 bits per heavy atom. The van der Waals surface area contributed by atoms with Gasteiger partial charge in [0.15, 0.2) is 0 Å². The van der Waals surface area contributed by atoms with Gasteiger partial charge in [0.25, 0.3) is 0 Å². The quantitative estimate of drug-likeness (QED) is 0.357. The van der Waals surface area contributed by atoms with Crippen molar-refractivity contribution in [3.63, 3.8) is 0 Å². The van der Waals surface area contributed by atoms with Crippen LogP contribution in [0.4, 0.5) is 4.79 Å². The summed E-state index contributed by atoms with van der Waals surface area (Å²) in [6, 6.07) is 7.38. The lowest BCUT2D eigenvalue weighted by atomic mass is 9.97. The van der Waals surface area contributed by atoms with Gasteiger partial charge < -0.3 is 4.90 Å². The minimum Gasteiger partial charge on any atom is -0.341 e. The molecule has 34 heavy (non-hydrogen) atoms. The number of thiazole rings is 1. The summed E-state index contributed by atoms with van der Waals surface area (Å²) in [6.07, 6.45) is 8.59. The third kappa shape index (κ3) is 4.49. The number of nitrogens with zero attached hydrogens (tertiary/aromatic N) is 4. The maximum absolute atomic E-state index is 12.9. The molecule has 2 aliphatic heterocycles. The molecule has 0 radical (unpaired) electrons. The molecule has 178 valence electrons. The number of amides is 5. The van der Waals surface area contributed by atoms with Crippen LogP contribution in [0.2, 0.25) is 0 Å². The van der Waals surface area contributed by atoms with E-state index in [9.17, 15) is 19.2 Å². The van der Waals surface area contributed by atoms with Gasteiger partial charge in [0.2, 0.25) is 5.91 Å². The van der Waals surface area contributed by atoms with Gasteiger partial charge in [-0.2, -0.15) is 0 Å². The van der Waals surface area contributed by atoms with E-state index in [1.165, 1.54) is 5.57 Å². The van der Waals surface area contributed by atoms with E-state index in [-0.39, 0.29) is 19.0 Å². The molecule has 0 bridgehead atoms. The fourth-order valence-corrected chi connectivity index (χ4v) is 6.09. The zero-order chi connectivity index (χ0) is 23.7. The van der Waals surface area contributed by atoms with Crippen LogP contribution >= 0.6 is 11.3 Å². The molecule has 5 rings (SSSR count). The molecule has 0 spiro atoms. The Bertz CT molecular complexity index is 1130. The number of imide groups is 2. The number of hydrogen-bond acceptors (Lipinski definition) is 6. The molecule has 2 saturated heterocycles. The first-order valence-corrected chi connectivity index (χ1v) is 12.8. The Kier molecular flexibility index (Phi) is 6.45. The van der Waals surface area contributed by atoms with Crippen LogP contribution in [-0.4, -0.2) is 69.6 Å². The molecule has 2 aromatic rings. The van der Waals surface area contributed by atoms with Crippen molar-refractivity contribution in [3.8, 4) is 0 Å². The highest BCUT2D eigenvalue weighted by atomic mass is 32.1. The Hall–Kier alpha value is -3.07. The first-order chi connectivity index (χ1) is 16.5. The number of fused-ring (bicyclic) bond motifs is 1. The van der Waals surface area contributed by atoms with E-state index >= 15 is 0 Å². The van der Waals surface area contributed by atoms with Crippen molar-refractivity contribution in [1.82, 2.24) is 19.7 Å². The van der Waals surface area contributed by atoms with Gasteiger partial charge in [-0.1, -0.05) is 23.8 Å². The van der Waals surface area contributed by atoms with Gasteiger partial charge in [-0.05, 0) is 57.1 Å². The van der Waals surface area contributed by atoms with Crippen molar-refractivity contribution in [3.05, 3.63) is 40.9 Å². The van der Waals surface area contributed by atoms with E-state index in [4.69, 9.17) is 4.98 Å². The van der Waals surface area contributed by atoms with Gasteiger partial charge >= 0.3 is 17.8 Å². The molecule has 1 aromatic heterocycles. The fraction of sp³-hybridized carbons (Fsp3) is 0.480. The zero-order valence-electron chi connectivity index (χ0n) is 19.1. The molecular weight excluding hydrogens is 452 g/mol. The van der Waals surface area contributed by atoms with Crippen molar-refractivity contribution in [2.45, 2.75) is 50.9 Å². The number of likely N-dealkylation sites (tertiary alicyclic amines) is 1. The number of hydrogen-bond donors (Lipinski definition) is 0. The van der Waals surface area contributed by atoms with Crippen LogP contribution < -0.4 is 0 Å². The van der Waals surface area contributed by atoms with E-state index in [0.29, 0.717) is 25.4 Å². The van der Waals surface area contributed by atoms with Gasteiger partial charge in [-0.3, -0.25) is 19.3 Å². The molecule has 5 amide bonds. The zero-order valence-corrected chi connectivity index (χ0v) is 19.9. The van der Waals surface area contributed by atoms with E-state index in [1.54, 1.807) is 16.2 Å². The molecule has 8 nitrogen and oxygen atoms in total. The Morgan fingerprint density at radius 1 is 1.03 bits per heavy atom. The summed E-state index contributed by atoms with van der Waals surface area (Å²) in [7, 11) is 0. The third-order valence-corrected chi connectivity index (χ3v) is 8.18. The van der Waals surface area contributed by atoms with Gasteiger partial charge in [-0.15, -0.1) is 11.3 Å². The van der Waals surface area contributed by atoms with Gasteiger partial charge in [0.1, 0.15) is 6.54 Å². The number of carbonyl (C=O) groups is 4. The van der Waals surface area contributed by atoms with Crippen LogP contribution in [0.15, 0.2) is 35.9 Å². The minimum absolute atomic E-state index is 0.188. The first-order valence-electron chi connectivity index (χ1n) is 12.0. The minimum atomic E-state index is -0.902. The van der Waals surface area contributed by atoms with Gasteiger partial charge in [-0.25, -0.2) is 14.7 Å². The Labute approximate surface area is 202 Å². The molecule has 3 aliphatic rings. The highest BCUT2D eigenvalue weighted by Gasteiger charge is 2.45. The molecular formula is C25H28N4O4S. The summed E-state index contributed by atoms with van der Waals surface area (Å²) >= 11 is 1.70. The van der Waals surface area contributed by atoms with E-state index in [0.717, 1.165) is 63.5 Å². The SMILES string of the molecule is O=C(CN1C(=O)C(=O)N(CCC2=CCCCC2)C1=O)N1CCC(c2nc3ccccc3s2)CC1. The van der Waals surface area contributed by atoms with Crippen LogP contribution in [0, 0.1) is 0 Å². The molecule has 9 heteroatoms. The number of piperidine rings is 1. The molecule has 1 aliphatic carbocycles. The molecule has 3 heterocycles. The van der Waals surface area contributed by atoms with Crippen LogP contribution in [0.25, 0.3) is 10.2 Å². The smallest absolute Gasteiger partial charge is 0.334 e. The average Bonchev–Trinajstić information content (AvgIpc) is 3.39. The predicted octanol–water partition coefficient (Wildman–Crippen LogP) is 3.68. The number of rotatable bonds is 6. The van der Waals surface area contributed by atoms with Crippen LogP contribution in [0.1, 0.15) is 55.9 Å². The third-order valence-electron chi connectivity index (χ3n) is 6.98. The van der Waals surface area contributed by atoms with Crippen molar-refractivity contribution in [2.24, 2.45) is 0 Å². The topological polar surface area (TPSA) is 90.9 Å². The fourth-order valence-electron chi connectivity index (χ4n) is 4.95. The maximum atomic E-state index is 12.9. The number of carbonyl (C=O) groups excluding carboxylic acids is 4. The average molecular weight is 481 g/mol. The lowest BCUT2D eigenvalue weighted by molar-refractivity contribution is -0.145. The van der Waals surface area contributed by atoms with Crippen LogP contribution in [0.3, 0.4) is 0 Å². The second-order valence-corrected chi connectivity index (χ2v) is 10.2. The predicted molar refractivity (Wildman–Crippen MR) is 128 cm³/mol. The van der Waals surface area contributed by atoms with Crippen molar-refractivity contribution in [2.75, 3.05) is 26.2 Å². The second-order valence-electron chi connectivity index (χ2n) is 9.16. The monoisotopic (exact) mass is 480 g/mol. The highest BCUT2D eigenvalue weighted by Crippen LogP contribution is 2.34. The van der Waals surface area contributed by atoms with Gasteiger partial charge in [0.05, 0.1) is 15.2 Å². The van der Waals surface area contributed by atoms with Crippen molar-refractivity contribution in [1.29, 1.82) is 0 Å². The summed E-state index contributed by atoms with van der Waals surface area (Å²) in [4.78, 5) is 58.7. The summed E-state index contributed by atoms with van der Waals surface area (Å²) < 4.78 is 1.16. The molecule has 0 saturated carbocycles. The van der Waals surface area contributed by atoms with Crippen molar-refractivity contribution < 1.29 is 19.2 Å². The Balaban J connectivity index is 1.15. The lowest BCUT2D eigenvalue weighted by Crippen LogP contribution is -2.46. The number of allylic oxidation sites excluding steroid dienone is 1. The van der Waals surface area contributed by atoms with E-state index in [2.05, 4.69) is 12.1 Å². The molecule has 0 atom stereocenters. The molecule has 2 fully saturated rings. The normalized spacial score (nSPS) is 19.9. The number of aromatic nitrogens is 1. The highest BCUT2D eigenvalue weighted by molar-refractivity contribution is 7.18. The standard InChI is InChI=1S/C25H28N4O4S/c30-21(27-13-11-18(12-14-27)22-26-19-8-4-5-9-20(19)34-22)16-29-24(32)23(31)28(25(29)33)15-10-17-6-2-1-3-7-17/h4-6,8-9,18H,1-3,7,10-16H2. The van der Waals surface area contributed by atoms with Crippen LogP contribution in [-0.2, 0) is 14.4 Å². The maximum Gasteiger partial charge on any atom is 0.334 e. The number of para-hydroxylation sites is 1. The van der Waals surface area contributed by atoms with E-state index in [1.807, 2.05) is 18.2 Å². The number of urea groups is 1. The van der Waals surface area contributed by atoms with E-state index < -0.39 is 17.8 Å². The molecule has 0 N–H and O–H groups in total. The first kappa shape index (κ1) is 22.7.